The molecule has 0 heterocycles. The van der Waals surface area contributed by atoms with Crippen LogP contribution in [0.5, 0.6) is 0 Å². The van der Waals surface area contributed by atoms with Crippen molar-refractivity contribution in [1.29, 1.82) is 0 Å². The molecule has 0 saturated heterocycles. The highest BCUT2D eigenvalue weighted by molar-refractivity contribution is 5.42. The number of rotatable bonds is 5. The van der Waals surface area contributed by atoms with Crippen LogP contribution in [0.25, 0.3) is 0 Å². The van der Waals surface area contributed by atoms with E-state index >= 15 is 0 Å². The number of benzene rings is 1. The molecule has 0 aromatic heterocycles. The molecule has 0 N–H and O–H groups in total. The average molecular weight is 430 g/mol. The van der Waals surface area contributed by atoms with E-state index in [4.69, 9.17) is 0 Å². The van der Waals surface area contributed by atoms with Crippen molar-refractivity contribution in [3.05, 3.63) is 34.2 Å². The first-order valence-corrected chi connectivity index (χ1v) is 12.9. The Labute approximate surface area is 194 Å². The molecule has 31 heavy (non-hydrogen) atoms. The molecule has 2 saturated carbocycles. The van der Waals surface area contributed by atoms with E-state index in [1.807, 2.05) is 19.9 Å². The maximum absolute atomic E-state index is 10.0. The van der Waals surface area contributed by atoms with Crippen LogP contribution >= 0.6 is 0 Å². The molecule has 2 aliphatic rings. The Morgan fingerprint density at radius 3 is 2.10 bits per heavy atom. The van der Waals surface area contributed by atoms with Gasteiger partial charge in [0.2, 0.25) is 0 Å². The van der Waals surface area contributed by atoms with Gasteiger partial charge in [0.05, 0.1) is 0 Å². The largest absolute Gasteiger partial charge is 0.145 e. The summed E-state index contributed by atoms with van der Waals surface area (Å²) in [5.41, 5.74) is 4.09. The van der Waals surface area contributed by atoms with Crippen LogP contribution in [-0.2, 0) is 0 Å². The van der Waals surface area contributed by atoms with Gasteiger partial charge in [0, 0.05) is 0 Å². The van der Waals surface area contributed by atoms with Gasteiger partial charge in [0.1, 0.15) is 5.69 Å². The fourth-order valence-corrected chi connectivity index (χ4v) is 6.25. The molecule has 0 spiro atoms. The zero-order valence-corrected chi connectivity index (χ0v) is 22.3. The van der Waals surface area contributed by atoms with Gasteiger partial charge in [-0.25, -0.2) is 0 Å². The van der Waals surface area contributed by atoms with Crippen LogP contribution < -0.4 is 0 Å². The molecule has 178 valence electrons. The maximum atomic E-state index is 10.0. The molecule has 0 amide bonds. The molecule has 4 atom stereocenters. The Kier molecular flexibility index (Phi) is 10.9. The summed E-state index contributed by atoms with van der Waals surface area (Å²) >= 11 is 0. The average Bonchev–Trinajstić information content (AvgIpc) is 3.14. The lowest BCUT2D eigenvalue weighted by molar-refractivity contribution is 0.121. The van der Waals surface area contributed by atoms with Gasteiger partial charge in [0.25, 0.3) is 0 Å². The van der Waals surface area contributed by atoms with Crippen molar-refractivity contribution in [2.24, 2.45) is 39.7 Å². The van der Waals surface area contributed by atoms with Crippen LogP contribution in [0, 0.1) is 53.3 Å². The summed E-state index contributed by atoms with van der Waals surface area (Å²) in [6.45, 7) is 23.0. The second-order valence-corrected chi connectivity index (χ2v) is 11.6. The minimum Gasteiger partial charge on any atom is -0.145 e. The number of fused-ring (bicyclic) bond motifs is 1. The van der Waals surface area contributed by atoms with E-state index in [0.29, 0.717) is 16.5 Å². The van der Waals surface area contributed by atoms with Crippen molar-refractivity contribution < 1.29 is 0 Å². The minimum atomic E-state index is 0.503. The Bertz CT molecular complexity index is 677. The number of nitroso groups, excluding NO2 is 1. The van der Waals surface area contributed by atoms with Crippen molar-refractivity contribution >= 4 is 5.69 Å². The smallest absolute Gasteiger partial charge is 0.108 e. The third-order valence-corrected chi connectivity index (χ3v) is 8.24. The van der Waals surface area contributed by atoms with E-state index in [-0.39, 0.29) is 0 Å². The monoisotopic (exact) mass is 429 g/mol. The molecule has 1 aromatic rings. The first kappa shape index (κ1) is 27.9. The zero-order chi connectivity index (χ0) is 23.8. The summed E-state index contributed by atoms with van der Waals surface area (Å²) in [6.07, 6.45) is 10.0. The highest BCUT2D eigenvalue weighted by Gasteiger charge is 2.58. The van der Waals surface area contributed by atoms with Crippen LogP contribution in [0.1, 0.15) is 111 Å². The number of hydrogen-bond donors (Lipinski definition) is 0. The van der Waals surface area contributed by atoms with Crippen molar-refractivity contribution in [1.82, 2.24) is 0 Å². The lowest BCUT2D eigenvalue weighted by atomic mass is 9.68. The van der Waals surface area contributed by atoms with Gasteiger partial charge in [-0.2, -0.15) is 0 Å². The van der Waals surface area contributed by atoms with E-state index in [0.717, 1.165) is 29.2 Å². The van der Waals surface area contributed by atoms with Gasteiger partial charge in [-0.1, -0.05) is 87.1 Å². The third kappa shape index (κ3) is 7.43. The second kappa shape index (κ2) is 12.2. The highest BCUT2D eigenvalue weighted by Crippen LogP contribution is 2.66. The van der Waals surface area contributed by atoms with Gasteiger partial charge in [-0.15, -0.1) is 4.91 Å². The van der Waals surface area contributed by atoms with Gasteiger partial charge in [0.15, 0.2) is 0 Å². The Hall–Kier alpha value is -1.18. The summed E-state index contributed by atoms with van der Waals surface area (Å²) in [5.74, 6) is 3.93. The van der Waals surface area contributed by atoms with E-state index in [9.17, 15) is 4.91 Å². The number of hydrogen-bond acceptors (Lipinski definition) is 2. The van der Waals surface area contributed by atoms with Gasteiger partial charge in [-0.3, -0.25) is 0 Å². The first-order chi connectivity index (χ1) is 14.5. The lowest BCUT2D eigenvalue weighted by Crippen LogP contribution is -2.30. The SMILES string of the molecule is CCC(C)C.CCCC1CC2(C)CCC(C)(C)C2C1CC.Cc1ccc(N=O)cc1C. The molecule has 0 aliphatic heterocycles. The van der Waals surface area contributed by atoms with Crippen LogP contribution in [0.2, 0.25) is 0 Å². The Morgan fingerprint density at radius 1 is 1.03 bits per heavy atom. The summed E-state index contributed by atoms with van der Waals surface area (Å²) in [5, 5.41) is 2.82. The van der Waals surface area contributed by atoms with Gasteiger partial charge >= 0.3 is 0 Å². The predicted molar refractivity (Wildman–Crippen MR) is 138 cm³/mol. The summed E-state index contributed by atoms with van der Waals surface area (Å²) in [4.78, 5) is 10.0. The van der Waals surface area contributed by atoms with Crippen molar-refractivity contribution in [3.8, 4) is 0 Å². The minimum absolute atomic E-state index is 0.503. The van der Waals surface area contributed by atoms with E-state index in [1.54, 1.807) is 12.1 Å². The maximum Gasteiger partial charge on any atom is 0.108 e. The van der Waals surface area contributed by atoms with Crippen molar-refractivity contribution in [2.45, 2.75) is 114 Å². The van der Waals surface area contributed by atoms with E-state index in [2.05, 4.69) is 60.6 Å². The van der Waals surface area contributed by atoms with Crippen molar-refractivity contribution in [3.63, 3.8) is 0 Å². The van der Waals surface area contributed by atoms with Crippen LogP contribution in [0.15, 0.2) is 23.4 Å². The molecule has 1 aromatic carbocycles. The summed E-state index contributed by atoms with van der Waals surface area (Å²) in [7, 11) is 0. The zero-order valence-electron chi connectivity index (χ0n) is 22.3. The lowest BCUT2D eigenvalue weighted by Gasteiger charge is -2.36. The first-order valence-electron chi connectivity index (χ1n) is 12.9. The van der Waals surface area contributed by atoms with E-state index < -0.39 is 0 Å². The van der Waals surface area contributed by atoms with Crippen LogP contribution in [0.3, 0.4) is 0 Å². The van der Waals surface area contributed by atoms with E-state index in [1.165, 1.54) is 50.5 Å². The molecular weight excluding hydrogens is 378 g/mol. The fourth-order valence-electron chi connectivity index (χ4n) is 6.25. The molecular formula is C29H51NO. The van der Waals surface area contributed by atoms with Crippen molar-refractivity contribution in [2.75, 3.05) is 0 Å². The number of aryl methyl sites for hydroxylation is 2. The Balaban J connectivity index is 0.000000273. The quantitative estimate of drug-likeness (QED) is 0.428. The second-order valence-electron chi connectivity index (χ2n) is 11.6. The standard InChI is InChI=1S/C16H30.C8H9NO.C5H12/c1-6-8-12-11-16(5)10-9-15(3,4)14(16)13(12)7-2;1-6-3-4-8(9-10)5-7(6)2;1-4-5(2)3/h12-14H,6-11H2,1-5H3;3-5H,1-2H3;5H,4H2,1-3H3. The highest BCUT2D eigenvalue weighted by atomic mass is 16.3. The molecule has 2 aliphatic carbocycles. The normalized spacial score (nSPS) is 28.3. The molecule has 2 nitrogen and oxygen atoms in total. The molecule has 4 unspecified atom stereocenters. The predicted octanol–water partition coefficient (Wildman–Crippen LogP) is 10.0. The van der Waals surface area contributed by atoms with Gasteiger partial charge < -0.3 is 0 Å². The fraction of sp³-hybridized carbons (Fsp3) is 0.793. The van der Waals surface area contributed by atoms with Crippen LogP contribution in [-0.4, -0.2) is 0 Å². The van der Waals surface area contributed by atoms with Gasteiger partial charge in [-0.05, 0) is 96.0 Å². The third-order valence-electron chi connectivity index (χ3n) is 8.24. The topological polar surface area (TPSA) is 29.4 Å². The summed E-state index contributed by atoms with van der Waals surface area (Å²) < 4.78 is 0. The molecule has 0 bridgehead atoms. The van der Waals surface area contributed by atoms with Crippen LogP contribution in [0.4, 0.5) is 5.69 Å². The Morgan fingerprint density at radius 2 is 1.65 bits per heavy atom. The molecule has 0 radical (unpaired) electrons. The molecule has 2 fully saturated rings. The molecule has 3 rings (SSSR count). The molecule has 2 heteroatoms. The summed E-state index contributed by atoms with van der Waals surface area (Å²) in [6, 6.07) is 5.39. The number of nitrogens with zero attached hydrogens (tertiary/aromatic N) is 1.